The number of fused-ring (bicyclic) bond motifs is 2. The summed E-state index contributed by atoms with van der Waals surface area (Å²) >= 11 is 0. The number of aromatic amines is 1. The van der Waals surface area contributed by atoms with Crippen molar-refractivity contribution in [2.75, 3.05) is 46.8 Å². The van der Waals surface area contributed by atoms with E-state index in [4.69, 9.17) is 18.9 Å². The van der Waals surface area contributed by atoms with Crippen molar-refractivity contribution in [1.29, 1.82) is 0 Å². The van der Waals surface area contributed by atoms with E-state index in [9.17, 15) is 9.59 Å². The number of methoxy groups -OCH3 is 3. The largest absolute Gasteiger partial charge is 0.495 e. The molecule has 0 radical (unpaired) electrons. The first-order valence-corrected chi connectivity index (χ1v) is 14.0. The second-order valence-corrected chi connectivity index (χ2v) is 10.2. The fraction of sp³-hybridized carbons (Fsp3) is 0.235. The van der Waals surface area contributed by atoms with E-state index in [0.29, 0.717) is 62.7 Å². The molecule has 9 nitrogen and oxygen atoms in total. The van der Waals surface area contributed by atoms with Gasteiger partial charge in [-0.2, -0.15) is 0 Å². The van der Waals surface area contributed by atoms with Crippen LogP contribution >= 0.6 is 0 Å². The number of hydrogen-bond donors (Lipinski definition) is 2. The first kappa shape index (κ1) is 29.5. The molecule has 9 heteroatoms. The summed E-state index contributed by atoms with van der Waals surface area (Å²) < 4.78 is 22.1. The highest BCUT2D eigenvalue weighted by Gasteiger charge is 2.16. The molecule has 1 heterocycles. The van der Waals surface area contributed by atoms with Crippen LogP contribution in [0.1, 0.15) is 22.3 Å². The van der Waals surface area contributed by atoms with Crippen LogP contribution in [0.2, 0.25) is 0 Å². The highest BCUT2D eigenvalue weighted by molar-refractivity contribution is 6.13. The number of ether oxygens (including phenoxy) is 4. The summed E-state index contributed by atoms with van der Waals surface area (Å²) in [6.45, 7) is 2.13. The van der Waals surface area contributed by atoms with Crippen LogP contribution in [-0.4, -0.2) is 57.3 Å². The Morgan fingerprint density at radius 2 is 1.53 bits per heavy atom. The smallest absolute Gasteiger partial charge is 0.257 e. The van der Waals surface area contributed by atoms with E-state index in [2.05, 4.69) is 22.2 Å². The van der Waals surface area contributed by atoms with Gasteiger partial charge in [-0.1, -0.05) is 24.3 Å². The Hall–Kier alpha value is -5.02. The Morgan fingerprint density at radius 1 is 0.814 bits per heavy atom. The zero-order chi connectivity index (χ0) is 30.3. The van der Waals surface area contributed by atoms with Gasteiger partial charge < -0.3 is 34.1 Å². The number of nitrogens with one attached hydrogen (secondary N) is 2. The number of carbonyl (C=O) groups is 1. The summed E-state index contributed by atoms with van der Waals surface area (Å²) in [5, 5.41) is 3.87. The summed E-state index contributed by atoms with van der Waals surface area (Å²) in [5.41, 5.74) is 2.91. The van der Waals surface area contributed by atoms with Crippen LogP contribution in [0.25, 0.3) is 21.8 Å². The fourth-order valence-electron chi connectivity index (χ4n) is 5.11. The number of H-pyrrole nitrogens is 1. The lowest BCUT2D eigenvalue weighted by molar-refractivity contribution is 0.102. The van der Waals surface area contributed by atoms with Crippen LogP contribution in [-0.2, 0) is 6.54 Å². The average Bonchev–Trinajstić information content (AvgIpc) is 3.03. The molecular formula is C34H35N3O6. The normalized spacial score (nSPS) is 11.1. The molecule has 4 aromatic carbocycles. The van der Waals surface area contributed by atoms with E-state index in [1.54, 1.807) is 69.9 Å². The highest BCUT2D eigenvalue weighted by atomic mass is 16.5. The maximum atomic E-state index is 13.4. The zero-order valence-corrected chi connectivity index (χ0v) is 24.7. The van der Waals surface area contributed by atoms with Gasteiger partial charge in [-0.3, -0.25) is 9.59 Å². The Kier molecular flexibility index (Phi) is 9.12. The zero-order valence-electron chi connectivity index (χ0n) is 24.7. The van der Waals surface area contributed by atoms with Gasteiger partial charge in [0.05, 0.1) is 44.5 Å². The lowest BCUT2D eigenvalue weighted by Gasteiger charge is -2.18. The van der Waals surface area contributed by atoms with Gasteiger partial charge in [0.25, 0.3) is 5.91 Å². The third-order valence-electron chi connectivity index (χ3n) is 7.24. The van der Waals surface area contributed by atoms with Crippen LogP contribution in [0.3, 0.4) is 0 Å². The van der Waals surface area contributed by atoms with Gasteiger partial charge in [0.15, 0.2) is 16.9 Å². The molecule has 43 heavy (non-hydrogen) atoms. The van der Waals surface area contributed by atoms with Crippen molar-refractivity contribution in [1.82, 2.24) is 9.88 Å². The van der Waals surface area contributed by atoms with Crippen molar-refractivity contribution in [3.8, 4) is 23.0 Å². The van der Waals surface area contributed by atoms with Crippen LogP contribution in [0.4, 0.5) is 5.69 Å². The van der Waals surface area contributed by atoms with Crippen molar-refractivity contribution in [3.63, 3.8) is 0 Å². The van der Waals surface area contributed by atoms with E-state index in [-0.39, 0.29) is 11.3 Å². The molecule has 222 valence electrons. The van der Waals surface area contributed by atoms with Gasteiger partial charge in [0.1, 0.15) is 11.5 Å². The van der Waals surface area contributed by atoms with Gasteiger partial charge in [-0.25, -0.2) is 0 Å². The molecule has 0 aliphatic heterocycles. The number of pyridine rings is 1. The monoisotopic (exact) mass is 581 g/mol. The first-order chi connectivity index (χ1) is 20.9. The SMILES string of the molecule is COc1ccc(CN(C)CCCOc2cccc(NC(=O)c3cccc4c(=O)c5cccc(OC)c5[nH]c34)c2)cc1OC. The second kappa shape index (κ2) is 13.3. The van der Waals surface area contributed by atoms with Crippen molar-refractivity contribution in [3.05, 3.63) is 100 Å². The highest BCUT2D eigenvalue weighted by Crippen LogP contribution is 2.28. The number of aromatic nitrogens is 1. The standard InChI is InChI=1S/C34H35N3O6/c1-37(21-22-15-16-28(40-2)30(19-22)42-4)17-8-18-43-24-10-5-9-23(20-24)35-34(39)27-13-6-11-25-31(27)36-32-26(33(25)38)12-7-14-29(32)41-3/h5-7,9-16,19-20H,8,17-18,21H2,1-4H3,(H,35,39)(H,36,38). The fourth-order valence-corrected chi connectivity index (χ4v) is 5.11. The third kappa shape index (κ3) is 6.57. The van der Waals surface area contributed by atoms with Gasteiger partial charge >= 0.3 is 0 Å². The molecule has 0 aliphatic rings. The molecule has 0 aliphatic carbocycles. The van der Waals surface area contributed by atoms with Crippen molar-refractivity contribution in [2.45, 2.75) is 13.0 Å². The average molecular weight is 582 g/mol. The van der Waals surface area contributed by atoms with Gasteiger partial charge in [-0.05, 0) is 67.6 Å². The first-order valence-electron chi connectivity index (χ1n) is 14.0. The number of nitrogens with zero attached hydrogens (tertiary/aromatic N) is 1. The van der Waals surface area contributed by atoms with Gasteiger partial charge in [0.2, 0.25) is 0 Å². The van der Waals surface area contributed by atoms with Crippen LogP contribution in [0.15, 0.2) is 83.7 Å². The third-order valence-corrected chi connectivity index (χ3v) is 7.24. The lowest BCUT2D eigenvalue weighted by atomic mass is 10.1. The molecule has 5 rings (SSSR count). The number of carbonyl (C=O) groups excluding carboxylic acids is 1. The van der Waals surface area contributed by atoms with Crippen LogP contribution < -0.4 is 29.7 Å². The van der Waals surface area contributed by atoms with Gasteiger partial charge in [0, 0.05) is 35.6 Å². The molecule has 5 aromatic rings. The van der Waals surface area contributed by atoms with Crippen molar-refractivity contribution >= 4 is 33.4 Å². The number of rotatable bonds is 12. The minimum atomic E-state index is -0.343. The van der Waals surface area contributed by atoms with Crippen LogP contribution in [0, 0.1) is 0 Å². The Labute approximate surface area is 249 Å². The molecule has 0 spiro atoms. The van der Waals surface area contributed by atoms with E-state index >= 15 is 0 Å². The van der Waals surface area contributed by atoms with Gasteiger partial charge in [-0.15, -0.1) is 0 Å². The Bertz CT molecular complexity index is 1820. The molecule has 0 atom stereocenters. The number of benzene rings is 4. The summed E-state index contributed by atoms with van der Waals surface area (Å²) in [5.74, 6) is 2.27. The predicted octanol–water partition coefficient (Wildman–Crippen LogP) is 5.86. The van der Waals surface area contributed by atoms with E-state index in [1.165, 1.54) is 0 Å². The Morgan fingerprint density at radius 3 is 2.30 bits per heavy atom. The quantitative estimate of drug-likeness (QED) is 0.141. The molecule has 1 amide bonds. The van der Waals surface area contributed by atoms with Crippen LogP contribution in [0.5, 0.6) is 23.0 Å². The minimum absolute atomic E-state index is 0.165. The number of para-hydroxylation sites is 2. The molecule has 0 unspecified atom stereocenters. The molecule has 0 saturated carbocycles. The predicted molar refractivity (Wildman–Crippen MR) is 169 cm³/mol. The Balaban J connectivity index is 1.21. The molecular weight excluding hydrogens is 546 g/mol. The molecule has 0 bridgehead atoms. The maximum absolute atomic E-state index is 13.4. The van der Waals surface area contributed by atoms with E-state index in [0.717, 1.165) is 25.1 Å². The van der Waals surface area contributed by atoms with E-state index < -0.39 is 0 Å². The summed E-state index contributed by atoms with van der Waals surface area (Å²) in [7, 11) is 6.87. The summed E-state index contributed by atoms with van der Waals surface area (Å²) in [6, 6.07) is 23.6. The molecule has 0 saturated heterocycles. The number of amides is 1. The topological polar surface area (TPSA) is 102 Å². The van der Waals surface area contributed by atoms with Crippen molar-refractivity contribution in [2.24, 2.45) is 0 Å². The molecule has 0 fully saturated rings. The van der Waals surface area contributed by atoms with Crippen molar-refractivity contribution < 1.29 is 23.7 Å². The minimum Gasteiger partial charge on any atom is -0.495 e. The molecule has 2 N–H and O–H groups in total. The molecule has 1 aromatic heterocycles. The second-order valence-electron chi connectivity index (χ2n) is 10.2. The van der Waals surface area contributed by atoms with E-state index in [1.807, 2.05) is 30.3 Å². The maximum Gasteiger partial charge on any atom is 0.257 e. The summed E-state index contributed by atoms with van der Waals surface area (Å²) in [4.78, 5) is 32.1. The lowest BCUT2D eigenvalue weighted by Crippen LogP contribution is -2.20. The number of anilines is 1. The summed E-state index contributed by atoms with van der Waals surface area (Å²) in [6.07, 6.45) is 0.821. The number of hydrogen-bond acceptors (Lipinski definition) is 7.